The number of aromatic nitrogens is 4. The third-order valence-electron chi connectivity index (χ3n) is 6.72. The van der Waals surface area contributed by atoms with Crippen molar-refractivity contribution in [1.29, 1.82) is 0 Å². The SMILES string of the molecule is O=C(Nc1cccc(Cc2cc(-c3cnc4c(ccn4S(=O)(=O)c4ccccc4)c3)ncn2)c1)c1ccc([N+](=O)[O-])cc1. The molecule has 11 nitrogen and oxygen atoms in total. The van der Waals surface area contributed by atoms with Crippen molar-refractivity contribution in [1.82, 2.24) is 18.9 Å². The molecule has 0 saturated heterocycles. The van der Waals surface area contributed by atoms with E-state index < -0.39 is 14.9 Å². The smallest absolute Gasteiger partial charge is 0.269 e. The molecule has 0 atom stereocenters. The summed E-state index contributed by atoms with van der Waals surface area (Å²) in [7, 11) is -3.80. The Kier molecular flexibility index (Phi) is 7.18. The minimum absolute atomic E-state index is 0.0899. The van der Waals surface area contributed by atoms with E-state index in [0.29, 0.717) is 40.0 Å². The van der Waals surface area contributed by atoms with Gasteiger partial charge in [0, 0.05) is 58.8 Å². The molecule has 3 aromatic carbocycles. The molecule has 3 heterocycles. The van der Waals surface area contributed by atoms with Crippen molar-refractivity contribution in [3.05, 3.63) is 143 Å². The molecule has 0 saturated carbocycles. The summed E-state index contributed by atoms with van der Waals surface area (Å²) in [6, 6.07) is 26.2. The highest BCUT2D eigenvalue weighted by atomic mass is 32.2. The Morgan fingerprint density at radius 3 is 2.44 bits per heavy atom. The maximum absolute atomic E-state index is 13.1. The molecule has 0 aliphatic rings. The monoisotopic (exact) mass is 590 g/mol. The fourth-order valence-electron chi connectivity index (χ4n) is 4.60. The minimum Gasteiger partial charge on any atom is -0.322 e. The quantitative estimate of drug-likeness (QED) is 0.181. The molecule has 0 bridgehead atoms. The summed E-state index contributed by atoms with van der Waals surface area (Å²) < 4.78 is 27.4. The van der Waals surface area contributed by atoms with Crippen molar-refractivity contribution in [3.8, 4) is 11.3 Å². The van der Waals surface area contributed by atoms with E-state index >= 15 is 0 Å². The number of amides is 1. The van der Waals surface area contributed by atoms with E-state index in [4.69, 9.17) is 0 Å². The van der Waals surface area contributed by atoms with Crippen LogP contribution >= 0.6 is 0 Å². The van der Waals surface area contributed by atoms with Crippen molar-refractivity contribution >= 4 is 38.3 Å². The second-order valence-electron chi connectivity index (χ2n) is 9.60. The van der Waals surface area contributed by atoms with Gasteiger partial charge in [-0.2, -0.15) is 0 Å². The third-order valence-corrected chi connectivity index (χ3v) is 8.40. The van der Waals surface area contributed by atoms with E-state index in [-0.39, 0.29) is 16.5 Å². The van der Waals surface area contributed by atoms with Crippen molar-refractivity contribution in [2.75, 3.05) is 5.32 Å². The highest BCUT2D eigenvalue weighted by molar-refractivity contribution is 7.90. The molecule has 0 aliphatic carbocycles. The van der Waals surface area contributed by atoms with Crippen LogP contribution in [0.5, 0.6) is 0 Å². The molecule has 0 spiro atoms. The lowest BCUT2D eigenvalue weighted by atomic mass is 10.1. The number of hydrogen-bond acceptors (Lipinski definition) is 8. The van der Waals surface area contributed by atoms with Crippen LogP contribution in [0.4, 0.5) is 11.4 Å². The molecule has 3 aromatic heterocycles. The number of carbonyl (C=O) groups excluding carboxylic acids is 1. The molecule has 0 aliphatic heterocycles. The summed E-state index contributed by atoms with van der Waals surface area (Å²) in [5, 5.41) is 14.3. The Morgan fingerprint density at radius 2 is 1.67 bits per heavy atom. The number of pyridine rings is 1. The lowest BCUT2D eigenvalue weighted by molar-refractivity contribution is -0.384. The van der Waals surface area contributed by atoms with Crippen LogP contribution < -0.4 is 5.32 Å². The van der Waals surface area contributed by atoms with Crippen LogP contribution in [-0.4, -0.2) is 38.2 Å². The number of fused-ring (bicyclic) bond motifs is 1. The van der Waals surface area contributed by atoms with Gasteiger partial charge in [-0.3, -0.25) is 14.9 Å². The molecule has 6 aromatic rings. The molecule has 6 rings (SSSR count). The highest BCUT2D eigenvalue weighted by Gasteiger charge is 2.20. The van der Waals surface area contributed by atoms with Crippen LogP contribution in [0.25, 0.3) is 22.3 Å². The Hall–Kier alpha value is -5.75. The van der Waals surface area contributed by atoms with Crippen LogP contribution in [0, 0.1) is 10.1 Å². The van der Waals surface area contributed by atoms with E-state index in [1.54, 1.807) is 48.7 Å². The number of benzene rings is 3. The maximum Gasteiger partial charge on any atom is 0.269 e. The van der Waals surface area contributed by atoms with Gasteiger partial charge in [-0.25, -0.2) is 27.3 Å². The Balaban J connectivity index is 1.20. The van der Waals surface area contributed by atoms with E-state index in [1.807, 2.05) is 30.3 Å². The van der Waals surface area contributed by atoms with Gasteiger partial charge in [-0.05, 0) is 60.2 Å². The number of nitrogens with zero attached hydrogens (tertiary/aromatic N) is 5. The van der Waals surface area contributed by atoms with Crippen LogP contribution in [0.2, 0.25) is 0 Å². The summed E-state index contributed by atoms with van der Waals surface area (Å²) in [6.07, 6.45) is 4.99. The van der Waals surface area contributed by atoms with Crippen LogP contribution in [0.3, 0.4) is 0 Å². The zero-order chi connectivity index (χ0) is 30.0. The van der Waals surface area contributed by atoms with E-state index in [9.17, 15) is 23.3 Å². The van der Waals surface area contributed by atoms with Gasteiger partial charge in [0.1, 0.15) is 6.33 Å². The first kappa shape index (κ1) is 27.4. The minimum atomic E-state index is -3.80. The summed E-state index contributed by atoms with van der Waals surface area (Å²) in [6.45, 7) is 0. The summed E-state index contributed by atoms with van der Waals surface area (Å²) in [5.74, 6) is -0.385. The molecule has 212 valence electrons. The molecular formula is C31H22N6O5S. The molecule has 0 unspecified atom stereocenters. The van der Waals surface area contributed by atoms with Gasteiger partial charge in [0.05, 0.1) is 15.5 Å². The normalized spacial score (nSPS) is 11.3. The third kappa shape index (κ3) is 5.72. The average molecular weight is 591 g/mol. The lowest BCUT2D eigenvalue weighted by Crippen LogP contribution is -2.12. The van der Waals surface area contributed by atoms with Crippen LogP contribution in [0.1, 0.15) is 21.6 Å². The second kappa shape index (κ2) is 11.3. The predicted octanol–water partition coefficient (Wildman–Crippen LogP) is 5.48. The van der Waals surface area contributed by atoms with Crippen LogP contribution in [0.15, 0.2) is 121 Å². The average Bonchev–Trinajstić information content (AvgIpc) is 3.46. The largest absolute Gasteiger partial charge is 0.322 e. The fourth-order valence-corrected chi connectivity index (χ4v) is 5.93. The number of nitrogens with one attached hydrogen (secondary N) is 1. The molecule has 0 fully saturated rings. The molecule has 0 radical (unpaired) electrons. The molecule has 1 amide bonds. The Morgan fingerprint density at radius 1 is 0.884 bits per heavy atom. The van der Waals surface area contributed by atoms with Gasteiger partial charge in [-0.1, -0.05) is 30.3 Å². The van der Waals surface area contributed by atoms with E-state index in [2.05, 4.69) is 20.3 Å². The molecule has 1 N–H and O–H groups in total. The lowest BCUT2D eigenvalue weighted by Gasteiger charge is -2.09. The van der Waals surface area contributed by atoms with Gasteiger partial charge in [0.15, 0.2) is 5.65 Å². The van der Waals surface area contributed by atoms with Crippen molar-refractivity contribution in [3.63, 3.8) is 0 Å². The van der Waals surface area contributed by atoms with Gasteiger partial charge in [0.2, 0.25) is 0 Å². The Labute approximate surface area is 245 Å². The molecule has 43 heavy (non-hydrogen) atoms. The van der Waals surface area contributed by atoms with Crippen molar-refractivity contribution < 1.29 is 18.1 Å². The van der Waals surface area contributed by atoms with Crippen molar-refractivity contribution in [2.24, 2.45) is 0 Å². The summed E-state index contributed by atoms with van der Waals surface area (Å²) in [4.78, 5) is 36.4. The fraction of sp³-hybridized carbons (Fsp3) is 0.0323. The molecular weight excluding hydrogens is 568 g/mol. The molecule has 12 heteroatoms. The highest BCUT2D eigenvalue weighted by Crippen LogP contribution is 2.26. The summed E-state index contributed by atoms with van der Waals surface area (Å²) in [5.41, 5.74) is 4.05. The topological polar surface area (TPSA) is 150 Å². The van der Waals surface area contributed by atoms with Crippen molar-refractivity contribution in [2.45, 2.75) is 11.3 Å². The first-order valence-electron chi connectivity index (χ1n) is 13.0. The number of non-ortho nitro benzene ring substituents is 1. The van der Waals surface area contributed by atoms with Gasteiger partial charge in [-0.15, -0.1) is 0 Å². The maximum atomic E-state index is 13.1. The first-order valence-corrected chi connectivity index (χ1v) is 14.5. The van der Waals surface area contributed by atoms with E-state index in [1.165, 1.54) is 40.8 Å². The van der Waals surface area contributed by atoms with Gasteiger partial charge >= 0.3 is 0 Å². The number of anilines is 1. The number of rotatable bonds is 8. The zero-order valence-corrected chi connectivity index (χ0v) is 23.2. The van der Waals surface area contributed by atoms with E-state index in [0.717, 1.165) is 11.3 Å². The number of carbonyl (C=O) groups is 1. The van der Waals surface area contributed by atoms with Gasteiger partial charge < -0.3 is 5.32 Å². The number of nitro groups is 1. The zero-order valence-electron chi connectivity index (χ0n) is 22.4. The Bertz CT molecular complexity index is 2100. The van der Waals surface area contributed by atoms with Gasteiger partial charge in [0.25, 0.3) is 21.6 Å². The first-order chi connectivity index (χ1) is 20.8. The predicted molar refractivity (Wildman–Crippen MR) is 160 cm³/mol. The van der Waals surface area contributed by atoms with Crippen LogP contribution in [-0.2, 0) is 16.4 Å². The number of nitro benzene ring substituents is 1. The second-order valence-corrected chi connectivity index (χ2v) is 11.4. The standard InChI is InChI=1S/C31H22N6O5S/c38-31(22-9-11-27(12-10-22)37(39)40)35-25-6-4-5-21(15-25)16-26-18-29(34-20-33-26)24-17-23-13-14-36(30(23)32-19-24)43(41,42)28-7-2-1-3-8-28/h1-15,17-20H,16H2,(H,35,38). The summed E-state index contributed by atoms with van der Waals surface area (Å²) >= 11 is 0. The number of hydrogen-bond donors (Lipinski definition) is 1.